The van der Waals surface area contributed by atoms with Crippen LogP contribution in [0.3, 0.4) is 0 Å². The van der Waals surface area contributed by atoms with Crippen LogP contribution in [-0.4, -0.2) is 41.0 Å². The minimum Gasteiger partial charge on any atom is -0.342 e. The van der Waals surface area contributed by atoms with Gasteiger partial charge in [0.05, 0.1) is 11.2 Å². The average Bonchev–Trinajstić information content (AvgIpc) is 3.36. The summed E-state index contributed by atoms with van der Waals surface area (Å²) in [6.07, 6.45) is 0.909. The summed E-state index contributed by atoms with van der Waals surface area (Å²) in [5.74, 6) is 1.11. The van der Waals surface area contributed by atoms with Gasteiger partial charge in [0.15, 0.2) is 0 Å². The third kappa shape index (κ3) is 6.11. The van der Waals surface area contributed by atoms with Gasteiger partial charge in [-0.15, -0.1) is 37.2 Å². The van der Waals surface area contributed by atoms with Gasteiger partial charge in [-0.3, -0.25) is 4.90 Å². The van der Waals surface area contributed by atoms with E-state index in [-0.39, 0.29) is 48.7 Å². The number of aryl methyl sites for hydroxylation is 2. The minimum absolute atomic E-state index is 0. The number of nitrogens with zero attached hydrogens (tertiary/aromatic N) is 2. The van der Waals surface area contributed by atoms with Crippen LogP contribution in [0.25, 0.3) is 11.4 Å². The second-order valence-electron chi connectivity index (χ2n) is 9.72. The van der Waals surface area contributed by atoms with Crippen molar-refractivity contribution in [1.82, 2.24) is 20.2 Å². The summed E-state index contributed by atoms with van der Waals surface area (Å²) >= 11 is 0. The molecular weight excluding hydrogens is 535 g/mol. The lowest BCUT2D eigenvalue weighted by Crippen LogP contribution is -2.56. The van der Waals surface area contributed by atoms with Gasteiger partial charge < -0.3 is 10.3 Å². The average molecular weight is 574 g/mol. The molecule has 0 bridgehead atoms. The fraction of sp³-hybridized carbons (Fsp3) is 0.323. The van der Waals surface area contributed by atoms with E-state index < -0.39 is 0 Å². The molecule has 0 aliphatic carbocycles. The molecule has 1 fully saturated rings. The molecule has 4 aromatic rings. The van der Waals surface area contributed by atoms with Crippen molar-refractivity contribution in [2.24, 2.45) is 0 Å². The molecule has 1 aliphatic rings. The first-order chi connectivity index (χ1) is 17.1. The predicted molar refractivity (Wildman–Crippen MR) is 166 cm³/mol. The van der Waals surface area contributed by atoms with E-state index in [2.05, 4.69) is 121 Å². The van der Waals surface area contributed by atoms with Crippen LogP contribution < -0.4 is 5.32 Å². The summed E-state index contributed by atoms with van der Waals surface area (Å²) in [6, 6.07) is 30.5. The minimum atomic E-state index is -0.326. The highest BCUT2D eigenvalue weighted by Gasteiger charge is 2.46. The van der Waals surface area contributed by atoms with E-state index in [9.17, 15) is 0 Å². The van der Waals surface area contributed by atoms with Gasteiger partial charge in [0.25, 0.3) is 0 Å². The quantitative estimate of drug-likeness (QED) is 0.246. The Morgan fingerprint density at radius 2 is 1.34 bits per heavy atom. The lowest BCUT2D eigenvalue weighted by atomic mass is 9.72. The van der Waals surface area contributed by atoms with Gasteiger partial charge in [0.1, 0.15) is 5.82 Å². The zero-order chi connectivity index (χ0) is 24.3. The van der Waals surface area contributed by atoms with E-state index in [1.54, 1.807) is 0 Å². The summed E-state index contributed by atoms with van der Waals surface area (Å²) in [5.41, 5.74) is 7.12. The number of hydrogen-bond donors (Lipinski definition) is 2. The maximum atomic E-state index is 5.41. The second kappa shape index (κ2) is 14.2. The molecule has 7 heteroatoms. The number of benzene rings is 3. The number of aromatic nitrogens is 2. The molecule has 3 aromatic carbocycles. The lowest BCUT2D eigenvalue weighted by Gasteiger charge is -2.48. The summed E-state index contributed by atoms with van der Waals surface area (Å²) in [6.45, 7) is 10.8. The van der Waals surface area contributed by atoms with Crippen LogP contribution in [0, 0.1) is 6.92 Å². The topological polar surface area (TPSA) is 44.0 Å². The largest absolute Gasteiger partial charge is 0.342 e. The van der Waals surface area contributed by atoms with E-state index >= 15 is 0 Å². The van der Waals surface area contributed by atoms with Crippen LogP contribution in [0.15, 0.2) is 84.9 Å². The summed E-state index contributed by atoms with van der Waals surface area (Å²) in [4.78, 5) is 11.8. The maximum absolute atomic E-state index is 5.41. The first-order valence-electron chi connectivity index (χ1n) is 12.8. The molecule has 204 valence electrons. The van der Waals surface area contributed by atoms with Gasteiger partial charge in [-0.2, -0.15) is 0 Å². The molecule has 1 saturated heterocycles. The predicted octanol–water partition coefficient (Wildman–Crippen LogP) is 7.17. The number of aromatic amines is 1. The summed E-state index contributed by atoms with van der Waals surface area (Å²) in [5, 5.41) is 3.55. The Hall–Kier alpha value is -2.34. The van der Waals surface area contributed by atoms with Crippen LogP contribution in [0.2, 0.25) is 0 Å². The molecule has 2 heterocycles. The fourth-order valence-electron chi connectivity index (χ4n) is 5.78. The van der Waals surface area contributed by atoms with E-state index in [4.69, 9.17) is 4.98 Å². The molecule has 4 nitrogen and oxygen atoms in total. The van der Waals surface area contributed by atoms with Crippen LogP contribution >= 0.6 is 37.2 Å². The Morgan fingerprint density at radius 1 is 0.816 bits per heavy atom. The van der Waals surface area contributed by atoms with Crippen molar-refractivity contribution in [3.05, 3.63) is 113 Å². The highest BCUT2D eigenvalue weighted by molar-refractivity contribution is 5.86. The standard InChI is InChI=1S/C31H36N4.3ClH/c1-4-27-29(34-30(33-27)26-18-12-11-13-23(26)2)31(3,35-21-19-32-20-22-35)28(24-14-7-5-8-15-24)25-16-9-6-10-17-25;;;/h5-18,28,32H,4,19-22H2,1-3H3,(H,33,34);3*1H. The number of rotatable bonds is 7. The molecule has 1 unspecified atom stereocenters. The molecule has 0 amide bonds. The third-order valence-electron chi connectivity index (χ3n) is 7.61. The Bertz CT molecular complexity index is 1220. The maximum Gasteiger partial charge on any atom is 0.138 e. The Kier molecular flexibility index (Phi) is 11.9. The Labute approximate surface area is 245 Å². The lowest BCUT2D eigenvalue weighted by molar-refractivity contribution is 0.0671. The van der Waals surface area contributed by atoms with Crippen molar-refractivity contribution in [2.75, 3.05) is 26.2 Å². The zero-order valence-corrected chi connectivity index (χ0v) is 24.8. The van der Waals surface area contributed by atoms with Crippen molar-refractivity contribution in [3.63, 3.8) is 0 Å². The van der Waals surface area contributed by atoms with E-state index in [1.165, 1.54) is 27.9 Å². The summed E-state index contributed by atoms with van der Waals surface area (Å²) < 4.78 is 0. The zero-order valence-electron chi connectivity index (χ0n) is 22.3. The highest BCUT2D eigenvalue weighted by atomic mass is 35.5. The molecule has 5 rings (SSSR count). The van der Waals surface area contributed by atoms with E-state index in [0.29, 0.717) is 0 Å². The smallest absolute Gasteiger partial charge is 0.138 e. The van der Waals surface area contributed by atoms with E-state index in [1.807, 2.05) is 0 Å². The Balaban J connectivity index is 0.00000169. The molecule has 0 radical (unpaired) electrons. The van der Waals surface area contributed by atoms with Crippen LogP contribution in [-0.2, 0) is 12.0 Å². The molecule has 1 aromatic heterocycles. The van der Waals surface area contributed by atoms with Crippen molar-refractivity contribution in [2.45, 2.75) is 38.6 Å². The SMILES string of the molecule is CCc1[nH]c(-c2ccccc2C)nc1C(C)(C(c1ccccc1)c1ccccc1)N1CCNCC1.Cl.Cl.Cl. The van der Waals surface area contributed by atoms with Crippen molar-refractivity contribution in [3.8, 4) is 11.4 Å². The van der Waals surface area contributed by atoms with Crippen LogP contribution in [0.4, 0.5) is 0 Å². The molecule has 38 heavy (non-hydrogen) atoms. The van der Waals surface area contributed by atoms with Crippen molar-refractivity contribution < 1.29 is 0 Å². The van der Waals surface area contributed by atoms with Crippen molar-refractivity contribution >= 4 is 37.2 Å². The molecule has 2 N–H and O–H groups in total. The first kappa shape index (κ1) is 31.9. The van der Waals surface area contributed by atoms with Crippen molar-refractivity contribution in [1.29, 1.82) is 0 Å². The number of piperazine rings is 1. The van der Waals surface area contributed by atoms with Crippen LogP contribution in [0.5, 0.6) is 0 Å². The van der Waals surface area contributed by atoms with Gasteiger partial charge in [0.2, 0.25) is 0 Å². The number of H-pyrrole nitrogens is 1. The molecule has 0 saturated carbocycles. The van der Waals surface area contributed by atoms with Gasteiger partial charge in [-0.1, -0.05) is 91.9 Å². The number of imidazole rings is 1. The first-order valence-corrected chi connectivity index (χ1v) is 12.8. The second-order valence-corrected chi connectivity index (χ2v) is 9.72. The number of nitrogens with one attached hydrogen (secondary N) is 2. The number of hydrogen-bond acceptors (Lipinski definition) is 3. The van der Waals surface area contributed by atoms with Gasteiger partial charge in [-0.25, -0.2) is 4.98 Å². The highest BCUT2D eigenvalue weighted by Crippen LogP contribution is 2.47. The summed E-state index contributed by atoms with van der Waals surface area (Å²) in [7, 11) is 0. The van der Waals surface area contributed by atoms with Gasteiger partial charge >= 0.3 is 0 Å². The molecule has 1 aliphatic heterocycles. The van der Waals surface area contributed by atoms with E-state index in [0.717, 1.165) is 44.1 Å². The normalized spacial score (nSPS) is 15.1. The number of halogens is 3. The van der Waals surface area contributed by atoms with Crippen LogP contribution in [0.1, 0.15) is 47.8 Å². The molecule has 0 spiro atoms. The van der Waals surface area contributed by atoms with Gasteiger partial charge in [0, 0.05) is 43.4 Å². The molecule has 1 atom stereocenters. The monoisotopic (exact) mass is 572 g/mol. The van der Waals surface area contributed by atoms with Gasteiger partial charge in [-0.05, 0) is 37.0 Å². The Morgan fingerprint density at radius 3 is 1.87 bits per heavy atom. The fourth-order valence-corrected chi connectivity index (χ4v) is 5.78. The molecular formula is C31H39Cl3N4. The third-order valence-corrected chi connectivity index (χ3v) is 7.61.